The molecule has 2 rings (SSSR count). The molecule has 0 fully saturated rings. The second-order valence-electron chi connectivity index (χ2n) is 3.35. The number of halogens is 3. The highest BCUT2D eigenvalue weighted by atomic mass is 35.5. The number of hydrogen-bond acceptors (Lipinski definition) is 3. The Bertz CT molecular complexity index is 363. The summed E-state index contributed by atoms with van der Waals surface area (Å²) < 4.78 is 34.5. The molecule has 0 aliphatic carbocycles. The molecule has 0 unspecified atom stereocenters. The first-order valence-corrected chi connectivity index (χ1v) is 4.60. The Kier molecular flexibility index (Phi) is 4.32. The van der Waals surface area contributed by atoms with Crippen molar-refractivity contribution in [2.45, 2.75) is 18.9 Å². The van der Waals surface area contributed by atoms with E-state index in [2.05, 4.69) is 0 Å². The van der Waals surface area contributed by atoms with Gasteiger partial charge in [-0.1, -0.05) is 6.07 Å². The largest absolute Gasteiger partial charge is 0.454 e. The van der Waals surface area contributed by atoms with Crippen LogP contribution in [0.5, 0.6) is 11.5 Å². The van der Waals surface area contributed by atoms with Crippen LogP contribution >= 0.6 is 12.4 Å². The molecule has 1 heterocycles. The lowest BCUT2D eigenvalue weighted by molar-refractivity contribution is 0.128. The van der Waals surface area contributed by atoms with Crippen molar-refractivity contribution in [2.75, 3.05) is 6.79 Å². The summed E-state index contributed by atoms with van der Waals surface area (Å²) in [6.07, 6.45) is -2.75. The van der Waals surface area contributed by atoms with E-state index in [9.17, 15) is 8.78 Å². The van der Waals surface area contributed by atoms with Crippen LogP contribution in [-0.4, -0.2) is 13.2 Å². The molecule has 3 nitrogen and oxygen atoms in total. The van der Waals surface area contributed by atoms with Crippen LogP contribution in [0.4, 0.5) is 8.78 Å². The molecule has 0 saturated heterocycles. The van der Waals surface area contributed by atoms with Crippen LogP contribution in [-0.2, 0) is 0 Å². The highest BCUT2D eigenvalue weighted by Gasteiger charge is 2.18. The summed E-state index contributed by atoms with van der Waals surface area (Å²) in [6.45, 7) is 0.170. The fourth-order valence-corrected chi connectivity index (χ4v) is 1.47. The fourth-order valence-electron chi connectivity index (χ4n) is 1.47. The average Bonchev–Trinajstić information content (AvgIpc) is 2.62. The van der Waals surface area contributed by atoms with Gasteiger partial charge in [-0.05, 0) is 17.7 Å². The Morgan fingerprint density at radius 2 is 1.94 bits per heavy atom. The van der Waals surface area contributed by atoms with Gasteiger partial charge in [0.25, 0.3) is 0 Å². The van der Waals surface area contributed by atoms with E-state index in [1.54, 1.807) is 18.2 Å². The maximum absolute atomic E-state index is 12.1. The van der Waals surface area contributed by atoms with Crippen molar-refractivity contribution >= 4 is 12.4 Å². The van der Waals surface area contributed by atoms with Gasteiger partial charge in [-0.15, -0.1) is 12.4 Å². The number of rotatable bonds is 3. The van der Waals surface area contributed by atoms with Crippen molar-refractivity contribution in [2.24, 2.45) is 5.73 Å². The summed E-state index contributed by atoms with van der Waals surface area (Å²) in [5, 5.41) is 0. The highest BCUT2D eigenvalue weighted by Crippen LogP contribution is 2.34. The first kappa shape index (κ1) is 13.0. The SMILES string of the molecule is Cl.N[C@H](CC(F)F)c1ccc2c(c1)OCO2. The molecule has 0 spiro atoms. The Labute approximate surface area is 97.9 Å². The van der Waals surface area contributed by atoms with E-state index in [4.69, 9.17) is 15.2 Å². The van der Waals surface area contributed by atoms with Crippen molar-refractivity contribution in [3.8, 4) is 11.5 Å². The van der Waals surface area contributed by atoms with Crippen molar-refractivity contribution in [3.05, 3.63) is 23.8 Å². The zero-order chi connectivity index (χ0) is 10.8. The summed E-state index contributed by atoms with van der Waals surface area (Å²) in [6, 6.07) is 4.35. The van der Waals surface area contributed by atoms with Crippen LogP contribution in [0.2, 0.25) is 0 Å². The summed E-state index contributed by atoms with van der Waals surface area (Å²) in [5.74, 6) is 1.19. The van der Waals surface area contributed by atoms with Crippen LogP contribution in [0, 0.1) is 0 Å². The number of benzene rings is 1. The van der Waals surface area contributed by atoms with Gasteiger partial charge in [-0.2, -0.15) is 0 Å². The minimum Gasteiger partial charge on any atom is -0.454 e. The van der Waals surface area contributed by atoms with Gasteiger partial charge < -0.3 is 15.2 Å². The third kappa shape index (κ3) is 2.74. The standard InChI is InChI=1S/C10H11F2NO2.ClH/c11-10(12)4-7(13)6-1-2-8-9(3-6)15-5-14-8;/h1-3,7,10H,4-5,13H2;1H/t7-;/m1./s1. The third-order valence-corrected chi connectivity index (χ3v) is 2.26. The van der Waals surface area contributed by atoms with E-state index in [1.165, 1.54) is 0 Å². The molecule has 1 aromatic rings. The molecule has 0 amide bonds. The van der Waals surface area contributed by atoms with E-state index in [1.807, 2.05) is 0 Å². The second-order valence-corrected chi connectivity index (χ2v) is 3.35. The van der Waals surface area contributed by atoms with Crippen molar-refractivity contribution in [1.82, 2.24) is 0 Å². The quantitative estimate of drug-likeness (QED) is 0.898. The fraction of sp³-hybridized carbons (Fsp3) is 0.400. The molecular formula is C10H12ClF2NO2. The molecule has 1 aromatic carbocycles. The first-order valence-electron chi connectivity index (χ1n) is 4.60. The number of ether oxygens (including phenoxy) is 2. The number of nitrogens with two attached hydrogens (primary N) is 1. The maximum Gasteiger partial charge on any atom is 0.240 e. The molecule has 0 bridgehead atoms. The Hall–Kier alpha value is -1.07. The molecule has 1 aliphatic heterocycles. The van der Waals surface area contributed by atoms with E-state index < -0.39 is 12.5 Å². The molecule has 0 aromatic heterocycles. The predicted molar refractivity (Wildman–Crippen MR) is 57.4 cm³/mol. The minimum atomic E-state index is -2.40. The molecule has 1 aliphatic rings. The Morgan fingerprint density at radius 1 is 1.25 bits per heavy atom. The highest BCUT2D eigenvalue weighted by molar-refractivity contribution is 5.85. The molecule has 0 saturated carbocycles. The van der Waals surface area contributed by atoms with Crippen LogP contribution < -0.4 is 15.2 Å². The lowest BCUT2D eigenvalue weighted by Gasteiger charge is -2.11. The molecule has 1 atom stereocenters. The van der Waals surface area contributed by atoms with Crippen molar-refractivity contribution in [1.29, 1.82) is 0 Å². The van der Waals surface area contributed by atoms with Crippen molar-refractivity contribution < 1.29 is 18.3 Å². The van der Waals surface area contributed by atoms with Crippen LogP contribution in [0.15, 0.2) is 18.2 Å². The second kappa shape index (κ2) is 5.32. The first-order chi connectivity index (χ1) is 7.16. The topological polar surface area (TPSA) is 44.5 Å². The lowest BCUT2D eigenvalue weighted by Crippen LogP contribution is -2.13. The van der Waals surface area contributed by atoms with Gasteiger partial charge in [-0.3, -0.25) is 0 Å². The average molecular weight is 252 g/mol. The predicted octanol–water partition coefficient (Wildman–Crippen LogP) is 2.49. The maximum atomic E-state index is 12.1. The smallest absolute Gasteiger partial charge is 0.240 e. The number of hydrogen-bond donors (Lipinski definition) is 1. The zero-order valence-electron chi connectivity index (χ0n) is 8.36. The van der Waals surface area contributed by atoms with E-state index in [0.29, 0.717) is 17.1 Å². The van der Waals surface area contributed by atoms with Crippen molar-refractivity contribution in [3.63, 3.8) is 0 Å². The van der Waals surface area contributed by atoms with Gasteiger partial charge in [0.1, 0.15) is 0 Å². The Balaban J connectivity index is 0.00000128. The van der Waals surface area contributed by atoms with Gasteiger partial charge in [-0.25, -0.2) is 8.78 Å². The van der Waals surface area contributed by atoms with Gasteiger partial charge in [0.2, 0.25) is 13.2 Å². The molecule has 90 valence electrons. The van der Waals surface area contributed by atoms with Gasteiger partial charge in [0, 0.05) is 12.5 Å². The van der Waals surface area contributed by atoms with Gasteiger partial charge >= 0.3 is 0 Å². The van der Waals surface area contributed by atoms with Gasteiger partial charge in [0.05, 0.1) is 0 Å². The minimum absolute atomic E-state index is 0. The van der Waals surface area contributed by atoms with E-state index in [0.717, 1.165) is 0 Å². The third-order valence-electron chi connectivity index (χ3n) is 2.26. The summed E-state index contributed by atoms with van der Waals surface area (Å²) in [5.41, 5.74) is 6.25. The van der Waals surface area contributed by atoms with Crippen LogP contribution in [0.3, 0.4) is 0 Å². The van der Waals surface area contributed by atoms with Crippen LogP contribution in [0.25, 0.3) is 0 Å². The molecule has 0 radical (unpaired) electrons. The molecular weight excluding hydrogens is 240 g/mol. The van der Waals surface area contributed by atoms with Gasteiger partial charge in [0.15, 0.2) is 11.5 Å². The van der Waals surface area contributed by atoms with Crippen LogP contribution in [0.1, 0.15) is 18.0 Å². The zero-order valence-corrected chi connectivity index (χ0v) is 9.18. The number of alkyl halides is 2. The van der Waals surface area contributed by atoms with E-state index in [-0.39, 0.29) is 25.6 Å². The monoisotopic (exact) mass is 251 g/mol. The number of fused-ring (bicyclic) bond motifs is 1. The summed E-state index contributed by atoms with van der Waals surface area (Å²) in [4.78, 5) is 0. The molecule has 2 N–H and O–H groups in total. The summed E-state index contributed by atoms with van der Waals surface area (Å²) in [7, 11) is 0. The summed E-state index contributed by atoms with van der Waals surface area (Å²) >= 11 is 0. The van der Waals surface area contributed by atoms with E-state index >= 15 is 0 Å². The molecule has 16 heavy (non-hydrogen) atoms. The lowest BCUT2D eigenvalue weighted by atomic mass is 10.0. The Morgan fingerprint density at radius 3 is 2.62 bits per heavy atom. The normalized spacial score (nSPS) is 14.8. The molecule has 6 heteroatoms.